The summed E-state index contributed by atoms with van der Waals surface area (Å²) in [6.45, 7) is 3.50. The topological polar surface area (TPSA) is 54.4 Å². The van der Waals surface area contributed by atoms with E-state index in [1.54, 1.807) is 26.0 Å². The van der Waals surface area contributed by atoms with Crippen LogP contribution in [-0.2, 0) is 9.59 Å². The van der Waals surface area contributed by atoms with Crippen molar-refractivity contribution in [1.29, 1.82) is 0 Å². The summed E-state index contributed by atoms with van der Waals surface area (Å²) in [5.41, 5.74) is 0.663. The van der Waals surface area contributed by atoms with E-state index in [0.29, 0.717) is 18.4 Å². The number of carbonyl (C=O) groups is 2. The molecule has 0 fully saturated rings. The fourth-order valence-electron chi connectivity index (χ4n) is 1.63. The third-order valence-electron chi connectivity index (χ3n) is 2.57. The molecule has 16 heavy (non-hydrogen) atoms. The number of hydrogen-bond acceptors (Lipinski definition) is 3. The third-order valence-corrected chi connectivity index (χ3v) is 2.57. The van der Waals surface area contributed by atoms with Crippen molar-refractivity contribution in [2.45, 2.75) is 32.6 Å². The highest BCUT2D eigenvalue weighted by Crippen LogP contribution is 2.23. The Labute approximate surface area is 95.1 Å². The standard InChI is InChI=1S/C13H16O3/c1-3-11(15)13(12(16)4-2)9-5-7-10(14)8-6-9/h5-8,13-14H,3-4H2,1-2H3. The van der Waals surface area contributed by atoms with E-state index < -0.39 is 5.92 Å². The number of ketones is 2. The Balaban J connectivity index is 3.06. The lowest BCUT2D eigenvalue weighted by Gasteiger charge is -2.13. The van der Waals surface area contributed by atoms with Crippen LogP contribution in [0.2, 0.25) is 0 Å². The summed E-state index contributed by atoms with van der Waals surface area (Å²) in [6.07, 6.45) is 0.689. The minimum Gasteiger partial charge on any atom is -0.508 e. The number of hydrogen-bond donors (Lipinski definition) is 1. The Morgan fingerprint density at radius 2 is 1.50 bits per heavy atom. The highest BCUT2D eigenvalue weighted by atomic mass is 16.3. The van der Waals surface area contributed by atoms with Crippen LogP contribution in [0.25, 0.3) is 0 Å². The molecule has 0 unspecified atom stereocenters. The molecule has 0 heterocycles. The maximum Gasteiger partial charge on any atom is 0.147 e. The van der Waals surface area contributed by atoms with Gasteiger partial charge in [0.25, 0.3) is 0 Å². The van der Waals surface area contributed by atoms with E-state index >= 15 is 0 Å². The number of phenolic OH excluding ortho intramolecular Hbond substituents is 1. The van der Waals surface area contributed by atoms with Crippen LogP contribution in [0.15, 0.2) is 24.3 Å². The third kappa shape index (κ3) is 2.69. The van der Waals surface area contributed by atoms with Crippen molar-refractivity contribution >= 4 is 11.6 Å². The Bertz CT molecular complexity index is 363. The lowest BCUT2D eigenvalue weighted by Crippen LogP contribution is -2.20. The van der Waals surface area contributed by atoms with Gasteiger partial charge in [-0.15, -0.1) is 0 Å². The smallest absolute Gasteiger partial charge is 0.147 e. The fourth-order valence-corrected chi connectivity index (χ4v) is 1.63. The molecule has 86 valence electrons. The Morgan fingerprint density at radius 3 is 1.88 bits per heavy atom. The molecule has 0 radical (unpaired) electrons. The predicted octanol–water partition coefficient (Wildman–Crippen LogP) is 2.43. The van der Waals surface area contributed by atoms with Gasteiger partial charge in [0.1, 0.15) is 23.2 Å². The van der Waals surface area contributed by atoms with Gasteiger partial charge in [0, 0.05) is 12.8 Å². The zero-order chi connectivity index (χ0) is 12.1. The summed E-state index contributed by atoms with van der Waals surface area (Å²) in [6, 6.07) is 6.24. The van der Waals surface area contributed by atoms with Gasteiger partial charge < -0.3 is 5.11 Å². The number of rotatable bonds is 5. The van der Waals surface area contributed by atoms with Gasteiger partial charge in [-0.3, -0.25) is 9.59 Å². The first-order valence-electron chi connectivity index (χ1n) is 5.44. The molecule has 0 saturated carbocycles. The van der Waals surface area contributed by atoms with Gasteiger partial charge in [0.2, 0.25) is 0 Å². The number of aromatic hydroxyl groups is 1. The van der Waals surface area contributed by atoms with E-state index in [1.165, 1.54) is 12.1 Å². The Kier molecular flexibility index (Phi) is 4.23. The molecule has 1 N–H and O–H groups in total. The van der Waals surface area contributed by atoms with Gasteiger partial charge in [-0.2, -0.15) is 0 Å². The molecule has 0 bridgehead atoms. The minimum absolute atomic E-state index is 0.0717. The normalized spacial score (nSPS) is 10.4. The summed E-state index contributed by atoms with van der Waals surface area (Å²) in [4.78, 5) is 23.4. The SMILES string of the molecule is CCC(=O)C(C(=O)CC)c1ccc(O)cc1. The predicted molar refractivity (Wildman–Crippen MR) is 61.4 cm³/mol. The van der Waals surface area contributed by atoms with Crippen LogP contribution < -0.4 is 0 Å². The molecule has 0 aliphatic rings. The van der Waals surface area contributed by atoms with Crippen molar-refractivity contribution in [2.75, 3.05) is 0 Å². The van der Waals surface area contributed by atoms with Crippen molar-refractivity contribution < 1.29 is 14.7 Å². The first-order chi connectivity index (χ1) is 7.60. The molecule has 1 aromatic rings. The molecule has 0 amide bonds. The molecular formula is C13H16O3. The van der Waals surface area contributed by atoms with Crippen molar-refractivity contribution in [3.05, 3.63) is 29.8 Å². The molecule has 0 atom stereocenters. The maximum absolute atomic E-state index is 11.7. The van der Waals surface area contributed by atoms with E-state index in [9.17, 15) is 9.59 Å². The zero-order valence-electron chi connectivity index (χ0n) is 9.56. The average molecular weight is 220 g/mol. The van der Waals surface area contributed by atoms with Crippen LogP contribution >= 0.6 is 0 Å². The first-order valence-corrected chi connectivity index (χ1v) is 5.44. The minimum atomic E-state index is -0.671. The number of Topliss-reactive ketones (excluding diaryl/α,β-unsaturated/α-hetero) is 2. The van der Waals surface area contributed by atoms with Crippen molar-refractivity contribution in [3.63, 3.8) is 0 Å². The molecular weight excluding hydrogens is 204 g/mol. The van der Waals surface area contributed by atoms with Crippen molar-refractivity contribution in [3.8, 4) is 5.75 Å². The van der Waals surface area contributed by atoms with Gasteiger partial charge in [-0.05, 0) is 17.7 Å². The van der Waals surface area contributed by atoms with Crippen LogP contribution in [0, 0.1) is 0 Å². The van der Waals surface area contributed by atoms with E-state index in [-0.39, 0.29) is 17.3 Å². The lowest BCUT2D eigenvalue weighted by molar-refractivity contribution is -0.128. The number of carbonyl (C=O) groups excluding carboxylic acids is 2. The second-order valence-corrected chi connectivity index (χ2v) is 3.66. The van der Waals surface area contributed by atoms with Crippen molar-refractivity contribution in [2.24, 2.45) is 0 Å². The highest BCUT2D eigenvalue weighted by Gasteiger charge is 2.25. The second kappa shape index (κ2) is 5.45. The summed E-state index contributed by atoms with van der Waals surface area (Å²) in [5, 5.41) is 9.16. The van der Waals surface area contributed by atoms with Crippen LogP contribution in [0.3, 0.4) is 0 Å². The summed E-state index contributed by atoms with van der Waals surface area (Å²) in [7, 11) is 0. The molecule has 0 spiro atoms. The van der Waals surface area contributed by atoms with Crippen LogP contribution in [0.1, 0.15) is 38.2 Å². The van der Waals surface area contributed by atoms with Crippen LogP contribution in [0.5, 0.6) is 5.75 Å². The first kappa shape index (κ1) is 12.4. The van der Waals surface area contributed by atoms with Gasteiger partial charge in [0.05, 0.1) is 0 Å². The fraction of sp³-hybridized carbons (Fsp3) is 0.385. The number of phenols is 1. The molecule has 0 aromatic heterocycles. The molecule has 1 aromatic carbocycles. The van der Waals surface area contributed by atoms with E-state index in [4.69, 9.17) is 5.11 Å². The Morgan fingerprint density at radius 1 is 1.06 bits per heavy atom. The number of benzene rings is 1. The summed E-state index contributed by atoms with van der Waals surface area (Å²) < 4.78 is 0. The van der Waals surface area contributed by atoms with Gasteiger partial charge in [-0.25, -0.2) is 0 Å². The van der Waals surface area contributed by atoms with E-state index in [2.05, 4.69) is 0 Å². The van der Waals surface area contributed by atoms with E-state index in [1.807, 2.05) is 0 Å². The van der Waals surface area contributed by atoms with Gasteiger partial charge >= 0.3 is 0 Å². The molecule has 3 heteroatoms. The summed E-state index contributed by atoms with van der Waals surface area (Å²) in [5.74, 6) is -0.680. The lowest BCUT2D eigenvalue weighted by atomic mass is 9.88. The quantitative estimate of drug-likeness (QED) is 0.775. The second-order valence-electron chi connectivity index (χ2n) is 3.66. The highest BCUT2D eigenvalue weighted by molar-refractivity contribution is 6.07. The molecule has 0 saturated heterocycles. The molecule has 0 aliphatic heterocycles. The van der Waals surface area contributed by atoms with Crippen molar-refractivity contribution in [1.82, 2.24) is 0 Å². The van der Waals surface area contributed by atoms with Crippen LogP contribution in [-0.4, -0.2) is 16.7 Å². The molecule has 0 aliphatic carbocycles. The zero-order valence-corrected chi connectivity index (χ0v) is 9.56. The molecule has 3 nitrogen and oxygen atoms in total. The molecule has 1 rings (SSSR count). The maximum atomic E-state index is 11.7. The monoisotopic (exact) mass is 220 g/mol. The summed E-state index contributed by atoms with van der Waals surface area (Å²) >= 11 is 0. The van der Waals surface area contributed by atoms with Gasteiger partial charge in [0.15, 0.2) is 0 Å². The van der Waals surface area contributed by atoms with Gasteiger partial charge in [-0.1, -0.05) is 26.0 Å². The largest absolute Gasteiger partial charge is 0.508 e. The Hall–Kier alpha value is -1.64. The average Bonchev–Trinajstić information content (AvgIpc) is 2.31. The van der Waals surface area contributed by atoms with Crippen LogP contribution in [0.4, 0.5) is 0 Å². The van der Waals surface area contributed by atoms with E-state index in [0.717, 1.165) is 0 Å².